The lowest BCUT2D eigenvalue weighted by atomic mass is 10.1. The highest BCUT2D eigenvalue weighted by Crippen LogP contribution is 2.18. The Hall–Kier alpha value is -3.85. The maximum atomic E-state index is 12.5. The lowest BCUT2D eigenvalue weighted by Crippen LogP contribution is -2.58. The van der Waals surface area contributed by atoms with E-state index in [-0.39, 0.29) is 0 Å². The number of benzene rings is 1. The second-order valence-electron chi connectivity index (χ2n) is 9.06. The summed E-state index contributed by atoms with van der Waals surface area (Å²) in [6, 6.07) is 10.3. The summed E-state index contributed by atoms with van der Waals surface area (Å²) in [5, 5.41) is 24.3. The van der Waals surface area contributed by atoms with Crippen LogP contribution in [0, 0.1) is 11.8 Å². The van der Waals surface area contributed by atoms with Gasteiger partial charge in [-0.05, 0) is 43.3 Å². The Bertz CT molecular complexity index is 1110. The number of nitrogens with one attached hydrogen (secondary N) is 3. The fourth-order valence-electron chi connectivity index (χ4n) is 4.31. The molecule has 0 spiro atoms. The van der Waals surface area contributed by atoms with Crippen LogP contribution in [-0.4, -0.2) is 96.6 Å². The summed E-state index contributed by atoms with van der Waals surface area (Å²) in [6.07, 6.45) is 0.667. The van der Waals surface area contributed by atoms with Crippen LogP contribution >= 0.6 is 0 Å². The minimum Gasteiger partial charge on any atom is -0.391 e. The van der Waals surface area contributed by atoms with Gasteiger partial charge in [-0.1, -0.05) is 11.8 Å². The number of pyridine rings is 1. The van der Waals surface area contributed by atoms with E-state index in [0.29, 0.717) is 26.2 Å². The Morgan fingerprint density at radius 2 is 1.59 bits per heavy atom. The lowest BCUT2D eigenvalue weighted by Gasteiger charge is -2.36. The summed E-state index contributed by atoms with van der Waals surface area (Å²) < 4.78 is 0. The largest absolute Gasteiger partial charge is 0.391 e. The Morgan fingerprint density at radius 3 is 2.19 bits per heavy atom. The number of anilines is 2. The van der Waals surface area contributed by atoms with Crippen LogP contribution in [0.3, 0.4) is 0 Å². The number of urea groups is 1. The molecule has 3 heterocycles. The number of carbonyl (C=O) groups is 2. The Labute approximate surface area is 216 Å². The Balaban J connectivity index is 1.28. The number of hydrogen-bond donors (Lipinski definition) is 5. The van der Waals surface area contributed by atoms with Crippen molar-refractivity contribution in [2.75, 3.05) is 62.2 Å². The number of nitrogens with zero attached hydrogens (tertiary/aromatic N) is 4. The normalized spacial score (nSPS) is 17.3. The summed E-state index contributed by atoms with van der Waals surface area (Å²) in [6.45, 7) is 7.38. The van der Waals surface area contributed by atoms with Crippen molar-refractivity contribution in [2.24, 2.45) is 0 Å². The monoisotopic (exact) mass is 507 g/mol. The Kier molecular flexibility index (Phi) is 8.79. The van der Waals surface area contributed by atoms with Gasteiger partial charge in [-0.3, -0.25) is 10.0 Å². The van der Waals surface area contributed by atoms with Crippen LogP contribution in [0.1, 0.15) is 18.1 Å². The maximum Gasteiger partial charge on any atom is 0.318 e. The van der Waals surface area contributed by atoms with Crippen LogP contribution in [0.15, 0.2) is 42.6 Å². The molecule has 196 valence electrons. The molecular weight excluding hydrogens is 474 g/mol. The first-order chi connectivity index (χ1) is 17.9. The second kappa shape index (κ2) is 12.4. The molecular formula is C26H33N7O4. The third-order valence-electron chi connectivity index (χ3n) is 6.49. The third-order valence-corrected chi connectivity index (χ3v) is 6.49. The zero-order valence-electron chi connectivity index (χ0n) is 20.9. The van der Waals surface area contributed by atoms with E-state index >= 15 is 0 Å². The van der Waals surface area contributed by atoms with Gasteiger partial charge in [-0.15, -0.1) is 0 Å². The summed E-state index contributed by atoms with van der Waals surface area (Å²) in [5.41, 5.74) is 4.27. The highest BCUT2D eigenvalue weighted by molar-refractivity contribution is 5.87. The van der Waals surface area contributed by atoms with E-state index in [1.807, 2.05) is 42.6 Å². The second-order valence-corrected chi connectivity index (χ2v) is 9.06. The highest BCUT2D eigenvalue weighted by Gasteiger charge is 2.29. The highest BCUT2D eigenvalue weighted by atomic mass is 16.5. The summed E-state index contributed by atoms with van der Waals surface area (Å²) in [7, 11) is 0. The predicted molar refractivity (Wildman–Crippen MR) is 139 cm³/mol. The third kappa shape index (κ3) is 6.89. The number of hydroxylamine groups is 1. The van der Waals surface area contributed by atoms with Crippen LogP contribution in [0.2, 0.25) is 0 Å². The molecule has 0 radical (unpaired) electrons. The van der Waals surface area contributed by atoms with E-state index in [1.54, 1.807) is 4.90 Å². The molecule has 1 aromatic heterocycles. The molecule has 0 unspecified atom stereocenters. The fraction of sp³-hybridized carbons (Fsp3) is 0.423. The molecule has 2 atom stereocenters. The molecule has 3 amide bonds. The van der Waals surface area contributed by atoms with Crippen molar-refractivity contribution in [2.45, 2.75) is 19.1 Å². The van der Waals surface area contributed by atoms with Gasteiger partial charge in [0.25, 0.3) is 5.91 Å². The first kappa shape index (κ1) is 26.2. The van der Waals surface area contributed by atoms with Crippen LogP contribution in [0.4, 0.5) is 16.3 Å². The summed E-state index contributed by atoms with van der Waals surface area (Å²) in [4.78, 5) is 34.7. The lowest BCUT2D eigenvalue weighted by molar-refractivity contribution is -0.133. The van der Waals surface area contributed by atoms with Gasteiger partial charge in [0.05, 0.1) is 6.10 Å². The fourth-order valence-corrected chi connectivity index (χ4v) is 4.31. The van der Waals surface area contributed by atoms with Gasteiger partial charge in [0.2, 0.25) is 0 Å². The van der Waals surface area contributed by atoms with Crippen molar-refractivity contribution in [3.63, 3.8) is 0 Å². The topological polar surface area (TPSA) is 133 Å². The van der Waals surface area contributed by atoms with Crippen molar-refractivity contribution >= 4 is 23.4 Å². The minimum absolute atomic E-state index is 0.456. The molecule has 2 saturated heterocycles. The van der Waals surface area contributed by atoms with E-state index in [9.17, 15) is 14.7 Å². The van der Waals surface area contributed by atoms with Crippen molar-refractivity contribution in [3.05, 3.63) is 53.7 Å². The van der Waals surface area contributed by atoms with E-state index < -0.39 is 24.1 Å². The number of carbonyl (C=O) groups excluding carboxylic acids is 2. The Morgan fingerprint density at radius 1 is 0.946 bits per heavy atom. The van der Waals surface area contributed by atoms with Crippen molar-refractivity contribution in [1.82, 2.24) is 26.0 Å². The molecule has 11 nitrogen and oxygen atoms in total. The molecule has 4 rings (SSSR count). The molecule has 11 heteroatoms. The van der Waals surface area contributed by atoms with Crippen molar-refractivity contribution < 1.29 is 19.9 Å². The molecule has 2 fully saturated rings. The average molecular weight is 508 g/mol. The van der Waals surface area contributed by atoms with Crippen molar-refractivity contribution in [3.8, 4) is 11.8 Å². The molecule has 37 heavy (non-hydrogen) atoms. The van der Waals surface area contributed by atoms with Gasteiger partial charge in [-0.25, -0.2) is 15.3 Å². The summed E-state index contributed by atoms with van der Waals surface area (Å²) in [5.74, 6) is 6.48. The molecule has 5 N–H and O–H groups in total. The standard InChI is InChI=1S/C26H33N7O4/c1-19(34)24(25(35)30-37)29-26(36)33-16-14-31(15-17-33)22-7-4-20(5-8-22)2-3-21-6-9-23(28-18-21)32-12-10-27-11-13-32/h4-9,18-19,24,27,34,37H,10-17H2,1H3,(H,29,36)(H,30,35)/t19-,24+/m1/s1. The SMILES string of the molecule is C[C@@H](O)[C@H](NC(=O)N1CCN(c2ccc(C#Cc3ccc(N4CCNCC4)nc3)cc2)CC1)C(=O)NO. The van der Waals surface area contributed by atoms with Gasteiger partial charge in [-0.2, -0.15) is 0 Å². The average Bonchev–Trinajstić information content (AvgIpc) is 2.95. The van der Waals surface area contributed by atoms with E-state index in [4.69, 9.17) is 5.21 Å². The zero-order valence-corrected chi connectivity index (χ0v) is 20.9. The number of aliphatic hydroxyl groups excluding tert-OH is 1. The summed E-state index contributed by atoms with van der Waals surface area (Å²) >= 11 is 0. The van der Waals surface area contributed by atoms with Gasteiger partial charge < -0.3 is 30.4 Å². The van der Waals surface area contributed by atoms with Crippen LogP contribution in [-0.2, 0) is 4.79 Å². The number of amides is 3. The molecule has 0 saturated carbocycles. The van der Waals surface area contributed by atoms with Crippen molar-refractivity contribution in [1.29, 1.82) is 0 Å². The molecule has 0 bridgehead atoms. The maximum absolute atomic E-state index is 12.5. The molecule has 0 aliphatic carbocycles. The number of aromatic nitrogens is 1. The van der Waals surface area contributed by atoms with Gasteiger partial charge in [0, 0.05) is 75.4 Å². The van der Waals surface area contributed by atoms with Crippen LogP contribution in [0.5, 0.6) is 0 Å². The molecule has 2 aromatic rings. The number of hydrogen-bond acceptors (Lipinski definition) is 8. The van der Waals surface area contributed by atoms with E-state index in [0.717, 1.165) is 48.8 Å². The van der Waals surface area contributed by atoms with Gasteiger partial charge >= 0.3 is 6.03 Å². The van der Waals surface area contributed by atoms with E-state index in [1.165, 1.54) is 12.4 Å². The number of rotatable bonds is 5. The molecule has 2 aliphatic heterocycles. The number of aliphatic hydroxyl groups is 1. The first-order valence-electron chi connectivity index (χ1n) is 12.4. The van der Waals surface area contributed by atoms with Crippen LogP contribution in [0.25, 0.3) is 0 Å². The number of piperazine rings is 2. The zero-order chi connectivity index (χ0) is 26.2. The molecule has 1 aromatic carbocycles. The smallest absolute Gasteiger partial charge is 0.318 e. The van der Waals surface area contributed by atoms with E-state index in [2.05, 4.69) is 37.3 Å². The van der Waals surface area contributed by atoms with Gasteiger partial charge in [0.1, 0.15) is 11.9 Å². The van der Waals surface area contributed by atoms with Gasteiger partial charge in [0.15, 0.2) is 0 Å². The predicted octanol–water partition coefficient (Wildman–Crippen LogP) is -0.0226. The first-order valence-corrected chi connectivity index (χ1v) is 12.4. The molecule has 2 aliphatic rings. The quantitative estimate of drug-likeness (QED) is 0.217. The minimum atomic E-state index is -1.23. The van der Waals surface area contributed by atoms with Crippen LogP contribution < -0.4 is 25.9 Å².